The van der Waals surface area contributed by atoms with E-state index in [0.29, 0.717) is 0 Å². The summed E-state index contributed by atoms with van der Waals surface area (Å²) in [5.74, 6) is 0.878. The van der Waals surface area contributed by atoms with Gasteiger partial charge in [0, 0.05) is 31.1 Å². The zero-order valence-electron chi connectivity index (χ0n) is 15.0. The van der Waals surface area contributed by atoms with E-state index in [0.717, 1.165) is 42.8 Å². The minimum absolute atomic E-state index is 0. The molecule has 1 aromatic heterocycles. The van der Waals surface area contributed by atoms with Crippen LogP contribution in [0.1, 0.15) is 50.3 Å². The molecule has 1 fully saturated rings. The van der Waals surface area contributed by atoms with Crippen molar-refractivity contribution in [2.24, 2.45) is 10.4 Å². The van der Waals surface area contributed by atoms with Crippen LogP contribution in [-0.4, -0.2) is 37.3 Å². The number of aliphatic hydroxyl groups is 1. The van der Waals surface area contributed by atoms with Gasteiger partial charge < -0.3 is 15.7 Å². The van der Waals surface area contributed by atoms with E-state index in [-0.39, 0.29) is 36.0 Å². The number of hydrogen-bond acceptors (Lipinski definition) is 3. The second-order valence-corrected chi connectivity index (χ2v) is 8.41. The molecule has 0 atom stereocenters. The Morgan fingerprint density at radius 1 is 1.28 bits per heavy atom. The van der Waals surface area contributed by atoms with Gasteiger partial charge in [-0.25, -0.2) is 0 Å². The van der Waals surface area contributed by atoms with Gasteiger partial charge in [-0.05, 0) is 50.2 Å². The molecule has 7 heteroatoms. The van der Waals surface area contributed by atoms with E-state index in [9.17, 15) is 5.11 Å². The Bertz CT molecular complexity index is 513. The Morgan fingerprint density at radius 3 is 2.64 bits per heavy atom. The van der Waals surface area contributed by atoms with Gasteiger partial charge in [0.25, 0.3) is 0 Å². The maximum Gasteiger partial charge on any atom is 0.191 e. The molecule has 1 heterocycles. The third-order valence-corrected chi connectivity index (χ3v) is 6.06. The summed E-state index contributed by atoms with van der Waals surface area (Å²) < 4.78 is 0.841. The predicted molar refractivity (Wildman–Crippen MR) is 120 cm³/mol. The lowest BCUT2D eigenvalue weighted by Crippen LogP contribution is -2.40. The van der Waals surface area contributed by atoms with Crippen LogP contribution < -0.4 is 10.6 Å². The van der Waals surface area contributed by atoms with Gasteiger partial charge in [0.05, 0.1) is 4.34 Å². The molecule has 0 aliphatic heterocycles. The van der Waals surface area contributed by atoms with Crippen molar-refractivity contribution in [2.45, 2.75) is 51.9 Å². The SMILES string of the molecule is CCNC(=NCC1(CCO)CCCCC1)NCCc1ccc(Cl)s1.I. The average molecular weight is 500 g/mol. The van der Waals surface area contributed by atoms with Gasteiger partial charge >= 0.3 is 0 Å². The molecule has 0 bridgehead atoms. The van der Waals surface area contributed by atoms with Gasteiger partial charge in [0.15, 0.2) is 5.96 Å². The summed E-state index contributed by atoms with van der Waals surface area (Å²) >= 11 is 7.61. The number of aliphatic imine (C=N–C) groups is 1. The highest BCUT2D eigenvalue weighted by Gasteiger charge is 2.31. The summed E-state index contributed by atoms with van der Waals surface area (Å²) in [4.78, 5) is 6.11. The third-order valence-electron chi connectivity index (χ3n) is 4.77. The Balaban J connectivity index is 0.00000312. The number of nitrogens with one attached hydrogen (secondary N) is 2. The van der Waals surface area contributed by atoms with Crippen molar-refractivity contribution >= 4 is 52.9 Å². The first-order valence-electron chi connectivity index (χ1n) is 9.05. The summed E-state index contributed by atoms with van der Waals surface area (Å²) in [6, 6.07) is 4.03. The number of guanidine groups is 1. The molecule has 1 aromatic rings. The predicted octanol–water partition coefficient (Wildman–Crippen LogP) is 4.45. The quantitative estimate of drug-likeness (QED) is 0.281. The first-order chi connectivity index (χ1) is 11.7. The van der Waals surface area contributed by atoms with Crippen LogP contribution in [0.25, 0.3) is 0 Å². The maximum atomic E-state index is 9.43. The van der Waals surface area contributed by atoms with Crippen LogP contribution in [0, 0.1) is 5.41 Å². The van der Waals surface area contributed by atoms with E-state index >= 15 is 0 Å². The Kier molecular flexibility index (Phi) is 11.4. The average Bonchev–Trinajstić information content (AvgIpc) is 2.99. The van der Waals surface area contributed by atoms with Gasteiger partial charge in [-0.2, -0.15) is 0 Å². The third kappa shape index (κ3) is 8.01. The van der Waals surface area contributed by atoms with Crippen molar-refractivity contribution in [1.29, 1.82) is 0 Å². The first-order valence-corrected chi connectivity index (χ1v) is 10.2. The van der Waals surface area contributed by atoms with Crippen LogP contribution in [0.15, 0.2) is 17.1 Å². The number of nitrogens with zero attached hydrogens (tertiary/aromatic N) is 1. The van der Waals surface area contributed by atoms with E-state index in [1.54, 1.807) is 11.3 Å². The van der Waals surface area contributed by atoms with Crippen molar-refractivity contribution in [3.05, 3.63) is 21.3 Å². The fraction of sp³-hybridized carbons (Fsp3) is 0.722. The van der Waals surface area contributed by atoms with Crippen LogP contribution >= 0.6 is 46.9 Å². The number of halogens is 2. The molecule has 1 aliphatic carbocycles. The molecular formula is C18H31ClIN3OS. The van der Waals surface area contributed by atoms with Crippen molar-refractivity contribution in [3.8, 4) is 0 Å². The standard InChI is InChI=1S/C18H30ClN3OS.HI/c1-2-20-17(21-12-8-15-6-7-16(19)24-15)22-14-18(11-13-23)9-4-3-5-10-18;/h6-7,23H,2-5,8-14H2,1H3,(H2,20,21,22);1H. The van der Waals surface area contributed by atoms with E-state index in [4.69, 9.17) is 16.6 Å². The number of rotatable bonds is 8. The maximum absolute atomic E-state index is 9.43. The number of aliphatic hydroxyl groups excluding tert-OH is 1. The summed E-state index contributed by atoms with van der Waals surface area (Å²) in [6.07, 6.45) is 8.03. The number of thiophene rings is 1. The fourth-order valence-electron chi connectivity index (χ4n) is 3.40. The Hall–Kier alpha value is -0.0500. The second kappa shape index (κ2) is 12.4. The Morgan fingerprint density at radius 2 is 2.04 bits per heavy atom. The molecule has 0 unspecified atom stereocenters. The van der Waals surface area contributed by atoms with Crippen LogP contribution in [0.5, 0.6) is 0 Å². The van der Waals surface area contributed by atoms with Crippen molar-refractivity contribution < 1.29 is 5.11 Å². The topological polar surface area (TPSA) is 56.7 Å². The molecule has 25 heavy (non-hydrogen) atoms. The zero-order chi connectivity index (χ0) is 17.3. The van der Waals surface area contributed by atoms with Crippen LogP contribution in [0.4, 0.5) is 0 Å². The van der Waals surface area contributed by atoms with Gasteiger partial charge in [-0.3, -0.25) is 4.99 Å². The Labute approximate surface area is 177 Å². The van der Waals surface area contributed by atoms with Crippen LogP contribution in [-0.2, 0) is 6.42 Å². The smallest absolute Gasteiger partial charge is 0.191 e. The molecular weight excluding hydrogens is 469 g/mol. The minimum Gasteiger partial charge on any atom is -0.396 e. The highest BCUT2D eigenvalue weighted by Crippen LogP contribution is 2.39. The van der Waals surface area contributed by atoms with E-state index in [2.05, 4.69) is 23.6 Å². The van der Waals surface area contributed by atoms with Crippen molar-refractivity contribution in [2.75, 3.05) is 26.2 Å². The highest BCUT2D eigenvalue weighted by molar-refractivity contribution is 14.0. The van der Waals surface area contributed by atoms with Crippen molar-refractivity contribution in [3.63, 3.8) is 0 Å². The summed E-state index contributed by atoms with van der Waals surface area (Å²) in [7, 11) is 0. The lowest BCUT2D eigenvalue weighted by molar-refractivity contribution is 0.137. The fourth-order valence-corrected chi connectivity index (χ4v) is 4.49. The molecule has 0 saturated heterocycles. The monoisotopic (exact) mass is 499 g/mol. The summed E-state index contributed by atoms with van der Waals surface area (Å²) in [5.41, 5.74) is 0.191. The van der Waals surface area contributed by atoms with Crippen molar-refractivity contribution in [1.82, 2.24) is 10.6 Å². The molecule has 0 radical (unpaired) electrons. The highest BCUT2D eigenvalue weighted by atomic mass is 127. The number of hydrogen-bond donors (Lipinski definition) is 3. The minimum atomic E-state index is 0. The lowest BCUT2D eigenvalue weighted by atomic mass is 9.72. The van der Waals surface area contributed by atoms with Gasteiger partial charge in [0.1, 0.15) is 0 Å². The molecule has 0 spiro atoms. The van der Waals surface area contributed by atoms with E-state index in [1.165, 1.54) is 37.0 Å². The van der Waals surface area contributed by atoms with E-state index < -0.39 is 0 Å². The van der Waals surface area contributed by atoms with Crippen LogP contribution in [0.3, 0.4) is 0 Å². The first kappa shape index (κ1) is 23.0. The largest absolute Gasteiger partial charge is 0.396 e. The molecule has 4 nitrogen and oxygen atoms in total. The molecule has 3 N–H and O–H groups in total. The second-order valence-electron chi connectivity index (χ2n) is 6.61. The van der Waals surface area contributed by atoms with Crippen LogP contribution in [0.2, 0.25) is 4.34 Å². The zero-order valence-corrected chi connectivity index (χ0v) is 18.9. The summed E-state index contributed by atoms with van der Waals surface area (Å²) in [5, 5.41) is 16.2. The molecule has 1 saturated carbocycles. The molecule has 0 amide bonds. The lowest BCUT2D eigenvalue weighted by Gasteiger charge is -2.35. The molecule has 0 aromatic carbocycles. The van der Waals surface area contributed by atoms with Gasteiger partial charge in [-0.1, -0.05) is 30.9 Å². The van der Waals surface area contributed by atoms with Gasteiger partial charge in [0.2, 0.25) is 0 Å². The van der Waals surface area contributed by atoms with E-state index in [1.807, 2.05) is 6.07 Å². The molecule has 2 rings (SSSR count). The summed E-state index contributed by atoms with van der Waals surface area (Å²) in [6.45, 7) is 4.84. The molecule has 144 valence electrons. The van der Waals surface area contributed by atoms with Gasteiger partial charge in [-0.15, -0.1) is 35.3 Å². The normalized spacial score (nSPS) is 17.0. The molecule has 1 aliphatic rings.